The van der Waals surface area contributed by atoms with Crippen LogP contribution in [-0.2, 0) is 31.6 Å². The van der Waals surface area contributed by atoms with Gasteiger partial charge in [0.2, 0.25) is 5.75 Å². The van der Waals surface area contributed by atoms with E-state index in [0.29, 0.717) is 4.57 Å². The third-order valence-corrected chi connectivity index (χ3v) is 7.39. The summed E-state index contributed by atoms with van der Waals surface area (Å²) in [5, 5.41) is 20.1. The molecule has 21 heteroatoms. The monoisotopic (exact) mass is 514 g/mol. The van der Waals surface area contributed by atoms with Crippen LogP contribution in [0.5, 0.6) is 5.75 Å². The first-order chi connectivity index (χ1) is 14.1. The molecule has 1 aromatic rings. The van der Waals surface area contributed by atoms with Crippen LogP contribution in [0.4, 0.5) is 0 Å². The lowest BCUT2D eigenvalue weighted by Crippen LogP contribution is -2.38. The van der Waals surface area contributed by atoms with Crippen molar-refractivity contribution in [2.45, 2.75) is 24.5 Å². The number of hydrogen-bond acceptors (Lipinski definition) is 12. The van der Waals surface area contributed by atoms with E-state index in [-0.39, 0.29) is 5.75 Å². The highest BCUT2D eigenvalue weighted by Gasteiger charge is 2.46. The van der Waals surface area contributed by atoms with Crippen molar-refractivity contribution in [3.63, 3.8) is 0 Å². The van der Waals surface area contributed by atoms with Gasteiger partial charge in [-0.05, 0) is 0 Å². The molecule has 1 fully saturated rings. The van der Waals surface area contributed by atoms with Crippen molar-refractivity contribution in [3.8, 4) is 5.75 Å². The van der Waals surface area contributed by atoms with Crippen LogP contribution in [-0.4, -0.2) is 71.4 Å². The van der Waals surface area contributed by atoms with E-state index in [1.165, 1.54) is 0 Å². The molecule has 7 N–H and O–H groups in total. The quantitative estimate of drug-likeness (QED) is 0.168. The van der Waals surface area contributed by atoms with Crippen LogP contribution < -0.4 is 16.0 Å². The molecule has 0 aromatic carbocycles. The summed E-state index contributed by atoms with van der Waals surface area (Å²) in [6.45, 7) is -1.08. The second kappa shape index (κ2) is 9.33. The normalized spacial score (nSPS) is 28.1. The zero-order valence-corrected chi connectivity index (χ0v) is 17.8. The molecule has 3 unspecified atom stereocenters. The number of ether oxygens (including phenoxy) is 2. The molecule has 1 aliphatic heterocycles. The minimum absolute atomic E-state index is 0.346. The summed E-state index contributed by atoms with van der Waals surface area (Å²) in [5.74, 6) is -0.346. The van der Waals surface area contributed by atoms with Crippen molar-refractivity contribution in [3.05, 3.63) is 27.0 Å². The maximum atomic E-state index is 11.9. The van der Waals surface area contributed by atoms with Crippen molar-refractivity contribution in [1.29, 1.82) is 0 Å². The van der Waals surface area contributed by atoms with Crippen molar-refractivity contribution < 1.29 is 66.1 Å². The van der Waals surface area contributed by atoms with E-state index in [4.69, 9.17) is 24.2 Å². The number of phosphoric ester groups is 1. The third-order valence-electron chi connectivity index (χ3n) is 3.58. The molecule has 1 saturated heterocycles. The smallest absolute Gasteiger partial charge is 0.490 e. The average Bonchev–Trinajstić information content (AvgIpc) is 2.85. The van der Waals surface area contributed by atoms with E-state index >= 15 is 0 Å². The van der Waals surface area contributed by atoms with Gasteiger partial charge in [-0.15, -0.1) is 0 Å². The Hall–Kier alpha value is -1.23. The molecule has 2 rings (SSSR count). The molecular formula is C10H17N2O16P3. The van der Waals surface area contributed by atoms with Crippen LogP contribution >= 0.6 is 23.5 Å². The lowest BCUT2D eigenvalue weighted by molar-refractivity contribution is -0.0544. The minimum atomic E-state index is -5.75. The standard InChI is InChI=1S/C10H17N2O16P3/c1-24-4-2-12(10(16)11-8(4)15)9-7(14)6(13)5(26-9)3-25-30(20,21)28-31(22,23)27-29(17,18)19/h2,5-7,9,13-14H,3H2,1H3,(H,20,21)(H,22,23)(H,11,15,16)(H2,17,18,19)/t5-,6?,7+,9-/m1/s1. The maximum absolute atomic E-state index is 11.9. The Balaban J connectivity index is 2.12. The molecule has 18 nitrogen and oxygen atoms in total. The van der Waals surface area contributed by atoms with Crippen LogP contribution in [0.2, 0.25) is 0 Å². The summed E-state index contributed by atoms with van der Waals surface area (Å²) in [7, 11) is -15.7. The van der Waals surface area contributed by atoms with Crippen LogP contribution in [0, 0.1) is 0 Å². The van der Waals surface area contributed by atoms with Crippen LogP contribution in [0.1, 0.15) is 6.23 Å². The molecule has 0 bridgehead atoms. The van der Waals surface area contributed by atoms with Gasteiger partial charge in [-0.25, -0.2) is 18.5 Å². The van der Waals surface area contributed by atoms with Gasteiger partial charge in [0.1, 0.15) is 18.3 Å². The van der Waals surface area contributed by atoms with Gasteiger partial charge in [0.25, 0.3) is 5.56 Å². The Morgan fingerprint density at radius 1 is 1.06 bits per heavy atom. The van der Waals surface area contributed by atoms with Crippen LogP contribution in [0.3, 0.4) is 0 Å². The van der Waals surface area contributed by atoms with Gasteiger partial charge in [0.15, 0.2) is 6.23 Å². The predicted octanol–water partition coefficient (Wildman–Crippen LogP) is -2.49. The summed E-state index contributed by atoms with van der Waals surface area (Å²) in [4.78, 5) is 60.7. The molecule has 31 heavy (non-hydrogen) atoms. The number of hydrogen-bond donors (Lipinski definition) is 7. The summed E-state index contributed by atoms with van der Waals surface area (Å²) < 4.78 is 55.5. The van der Waals surface area contributed by atoms with E-state index in [1.807, 2.05) is 4.98 Å². The summed E-state index contributed by atoms with van der Waals surface area (Å²) in [6.07, 6.45) is -6.02. The van der Waals surface area contributed by atoms with E-state index in [2.05, 4.69) is 13.1 Å². The van der Waals surface area contributed by atoms with Gasteiger partial charge in [-0.1, -0.05) is 0 Å². The molecule has 0 amide bonds. The number of nitrogens with one attached hydrogen (secondary N) is 1. The summed E-state index contributed by atoms with van der Waals surface area (Å²) in [5.41, 5.74) is -1.95. The molecule has 1 aromatic heterocycles. The molecule has 0 spiro atoms. The fourth-order valence-electron chi connectivity index (χ4n) is 2.37. The Morgan fingerprint density at radius 3 is 2.23 bits per heavy atom. The number of rotatable bonds is 9. The van der Waals surface area contributed by atoms with Gasteiger partial charge in [0, 0.05) is 0 Å². The van der Waals surface area contributed by atoms with Gasteiger partial charge >= 0.3 is 29.2 Å². The van der Waals surface area contributed by atoms with E-state index in [0.717, 1.165) is 13.3 Å². The van der Waals surface area contributed by atoms with Crippen molar-refractivity contribution >= 4 is 23.5 Å². The average molecular weight is 514 g/mol. The topological polar surface area (TPSA) is 274 Å². The molecular weight excluding hydrogens is 497 g/mol. The molecule has 1 aliphatic rings. The molecule has 6 atom stereocenters. The fraction of sp³-hybridized carbons (Fsp3) is 0.600. The highest BCUT2D eigenvalue weighted by molar-refractivity contribution is 7.66. The number of H-pyrrole nitrogens is 1. The van der Waals surface area contributed by atoms with Gasteiger partial charge < -0.3 is 39.3 Å². The first-order valence-corrected chi connectivity index (χ1v) is 12.3. The van der Waals surface area contributed by atoms with Crippen molar-refractivity contribution in [1.82, 2.24) is 9.55 Å². The van der Waals surface area contributed by atoms with E-state index in [9.17, 15) is 38.4 Å². The zero-order valence-electron chi connectivity index (χ0n) is 15.1. The first-order valence-electron chi connectivity index (χ1n) is 7.74. The lowest BCUT2D eigenvalue weighted by Gasteiger charge is -2.19. The molecule has 178 valence electrons. The fourth-order valence-corrected chi connectivity index (χ4v) is 5.40. The van der Waals surface area contributed by atoms with Gasteiger partial charge in [-0.2, -0.15) is 8.62 Å². The van der Waals surface area contributed by atoms with Crippen molar-refractivity contribution in [2.24, 2.45) is 0 Å². The Labute approximate surface area is 171 Å². The number of phosphoric acid groups is 3. The second-order valence-corrected chi connectivity index (χ2v) is 10.2. The number of aromatic amines is 1. The largest absolute Gasteiger partial charge is 0.490 e. The third kappa shape index (κ3) is 6.87. The molecule has 0 saturated carbocycles. The number of methoxy groups -OCH3 is 1. The Bertz CT molecular complexity index is 1060. The van der Waals surface area contributed by atoms with Gasteiger partial charge in [0.05, 0.1) is 19.9 Å². The lowest BCUT2D eigenvalue weighted by atomic mass is 10.1. The SMILES string of the molecule is COc1cn([C@@H]2O[C@H](COP(=O)(O)OP(=O)(O)OP(=O)(O)O)C(O)[C@@H]2O)c(=O)[nH]c1=O. The molecule has 0 aliphatic carbocycles. The number of nitrogens with zero attached hydrogens (tertiary/aromatic N) is 1. The number of aliphatic hydroxyl groups is 2. The number of aromatic nitrogens is 2. The van der Waals surface area contributed by atoms with E-state index < -0.39 is 65.9 Å². The highest BCUT2D eigenvalue weighted by Crippen LogP contribution is 2.66. The second-order valence-electron chi connectivity index (χ2n) is 5.80. The zero-order chi connectivity index (χ0) is 23.8. The molecule has 2 heterocycles. The Kier molecular flexibility index (Phi) is 7.83. The highest BCUT2D eigenvalue weighted by atomic mass is 31.3. The van der Waals surface area contributed by atoms with Crippen molar-refractivity contribution in [2.75, 3.05) is 13.7 Å². The maximum Gasteiger partial charge on any atom is 0.490 e. The van der Waals surface area contributed by atoms with E-state index in [1.54, 1.807) is 0 Å². The summed E-state index contributed by atoms with van der Waals surface area (Å²) in [6, 6.07) is 0. The molecule has 0 radical (unpaired) electrons. The Morgan fingerprint density at radius 2 is 1.68 bits per heavy atom. The van der Waals surface area contributed by atoms with Crippen LogP contribution in [0.15, 0.2) is 15.8 Å². The first kappa shape index (κ1) is 26.0. The van der Waals surface area contributed by atoms with Crippen LogP contribution in [0.25, 0.3) is 0 Å². The predicted molar refractivity (Wildman–Crippen MR) is 93.6 cm³/mol. The van der Waals surface area contributed by atoms with Gasteiger partial charge in [-0.3, -0.25) is 18.9 Å². The minimum Gasteiger partial charge on any atom is -0.490 e. The number of aliphatic hydroxyl groups excluding tert-OH is 2. The summed E-state index contributed by atoms with van der Waals surface area (Å²) >= 11 is 0.